The Labute approximate surface area is 297 Å². The van der Waals surface area contributed by atoms with Crippen LogP contribution in [-0.2, 0) is 18.9 Å². The molecule has 4 atom stereocenters. The van der Waals surface area contributed by atoms with Crippen LogP contribution in [0.3, 0.4) is 0 Å². The van der Waals surface area contributed by atoms with Gasteiger partial charge in [0.15, 0.2) is 34.9 Å². The summed E-state index contributed by atoms with van der Waals surface area (Å²) in [5, 5.41) is 2.77. The predicted molar refractivity (Wildman–Crippen MR) is 186 cm³/mol. The molecule has 7 rings (SSSR count). The maximum absolute atomic E-state index is 13.8. The van der Waals surface area contributed by atoms with Gasteiger partial charge in [-0.05, 0) is 55.5 Å². The summed E-state index contributed by atoms with van der Waals surface area (Å²) >= 11 is 0. The van der Waals surface area contributed by atoms with Crippen LogP contribution in [0.2, 0.25) is 0 Å². The van der Waals surface area contributed by atoms with Crippen LogP contribution in [0.1, 0.15) is 54.6 Å². The van der Waals surface area contributed by atoms with Crippen LogP contribution in [0, 0.1) is 0 Å². The van der Waals surface area contributed by atoms with Gasteiger partial charge in [-0.2, -0.15) is 0 Å². The van der Waals surface area contributed by atoms with E-state index in [2.05, 4.69) is 20.3 Å². The normalized spacial score (nSPS) is 19.4. The fourth-order valence-electron chi connectivity index (χ4n) is 5.94. The molecule has 13 nitrogen and oxygen atoms in total. The molecular formula is C39H31N5O8. The fourth-order valence-corrected chi connectivity index (χ4v) is 5.94. The van der Waals surface area contributed by atoms with Crippen LogP contribution < -0.4 is 5.32 Å². The van der Waals surface area contributed by atoms with Crippen molar-refractivity contribution in [1.82, 2.24) is 19.5 Å². The van der Waals surface area contributed by atoms with Crippen molar-refractivity contribution in [3.8, 4) is 0 Å². The first-order valence-electron chi connectivity index (χ1n) is 16.3. The Balaban J connectivity index is 1.28. The number of nitrogens with zero attached hydrogens (tertiary/aromatic N) is 4. The third-order valence-corrected chi connectivity index (χ3v) is 8.53. The molecule has 1 aliphatic heterocycles. The quantitative estimate of drug-likeness (QED) is 0.139. The number of anilines is 1. The third-order valence-electron chi connectivity index (χ3n) is 8.53. The van der Waals surface area contributed by atoms with Gasteiger partial charge < -0.3 is 24.3 Å². The molecule has 1 amide bonds. The molecule has 0 saturated carbocycles. The molecule has 3 heterocycles. The molecule has 6 aromatic rings. The molecule has 2 aromatic heterocycles. The van der Waals surface area contributed by atoms with Crippen LogP contribution in [0.4, 0.5) is 5.82 Å². The summed E-state index contributed by atoms with van der Waals surface area (Å²) in [6.45, 7) is 1.18. The molecule has 0 spiro atoms. The van der Waals surface area contributed by atoms with Gasteiger partial charge in [0.2, 0.25) is 0 Å². The minimum atomic E-state index is -1.77. The van der Waals surface area contributed by atoms with E-state index in [9.17, 15) is 19.2 Å². The summed E-state index contributed by atoms with van der Waals surface area (Å²) in [5.74, 6) is -2.38. The van der Waals surface area contributed by atoms with E-state index in [-0.39, 0.29) is 34.7 Å². The molecule has 1 fully saturated rings. The van der Waals surface area contributed by atoms with Crippen molar-refractivity contribution in [1.29, 1.82) is 0 Å². The summed E-state index contributed by atoms with van der Waals surface area (Å²) in [5.41, 5.74) is -0.169. The Morgan fingerprint density at radius 3 is 1.85 bits per heavy atom. The van der Waals surface area contributed by atoms with E-state index in [4.69, 9.17) is 18.9 Å². The van der Waals surface area contributed by atoms with Crippen LogP contribution >= 0.6 is 0 Å². The summed E-state index contributed by atoms with van der Waals surface area (Å²) in [6, 6.07) is 33.6. The first-order valence-corrected chi connectivity index (χ1v) is 16.3. The number of nitrogens with one attached hydrogen (secondary N) is 1. The highest BCUT2D eigenvalue weighted by atomic mass is 16.7. The Kier molecular flexibility index (Phi) is 9.50. The Bertz CT molecular complexity index is 2220. The maximum atomic E-state index is 13.8. The highest BCUT2D eigenvalue weighted by Crippen LogP contribution is 2.45. The van der Waals surface area contributed by atoms with Gasteiger partial charge in [-0.1, -0.05) is 72.8 Å². The van der Waals surface area contributed by atoms with Crippen molar-refractivity contribution in [2.24, 2.45) is 0 Å². The van der Waals surface area contributed by atoms with E-state index in [0.717, 1.165) is 0 Å². The average molecular weight is 698 g/mol. The highest BCUT2D eigenvalue weighted by Gasteiger charge is 2.60. The second-order valence-electron chi connectivity index (χ2n) is 12.0. The first-order chi connectivity index (χ1) is 25.3. The fraction of sp³-hybridized carbons (Fsp3) is 0.154. The van der Waals surface area contributed by atoms with Gasteiger partial charge in [0, 0.05) is 5.56 Å². The summed E-state index contributed by atoms with van der Waals surface area (Å²) in [4.78, 5) is 66.6. The van der Waals surface area contributed by atoms with Crippen molar-refractivity contribution in [2.75, 3.05) is 11.9 Å². The lowest BCUT2D eigenvalue weighted by atomic mass is 9.95. The number of amides is 1. The van der Waals surface area contributed by atoms with Gasteiger partial charge in [0.25, 0.3) is 5.91 Å². The summed E-state index contributed by atoms with van der Waals surface area (Å²) < 4.78 is 26.1. The van der Waals surface area contributed by atoms with Crippen molar-refractivity contribution in [3.05, 3.63) is 156 Å². The van der Waals surface area contributed by atoms with Crippen LogP contribution in [0.5, 0.6) is 0 Å². The van der Waals surface area contributed by atoms with Gasteiger partial charge in [0.1, 0.15) is 19.0 Å². The molecule has 13 heteroatoms. The Morgan fingerprint density at radius 1 is 0.712 bits per heavy atom. The number of benzene rings is 4. The molecule has 1 saturated heterocycles. The Hall–Kier alpha value is -6.73. The van der Waals surface area contributed by atoms with Gasteiger partial charge in [-0.3, -0.25) is 9.36 Å². The predicted octanol–water partition coefficient (Wildman–Crippen LogP) is 5.67. The number of hydrogen-bond donors (Lipinski definition) is 1. The molecular weight excluding hydrogens is 666 g/mol. The van der Waals surface area contributed by atoms with Crippen LogP contribution in [-0.4, -0.2) is 67.7 Å². The zero-order valence-electron chi connectivity index (χ0n) is 27.7. The zero-order valence-corrected chi connectivity index (χ0v) is 27.7. The minimum absolute atomic E-state index is 0.124. The van der Waals surface area contributed by atoms with Gasteiger partial charge in [-0.15, -0.1) is 0 Å². The number of fused-ring (bicyclic) bond motifs is 1. The number of carbonyl (C=O) groups is 4. The first kappa shape index (κ1) is 33.8. The monoisotopic (exact) mass is 697 g/mol. The molecule has 52 heavy (non-hydrogen) atoms. The number of carbonyl (C=O) groups excluding carboxylic acids is 4. The topological polar surface area (TPSA) is 161 Å². The standard InChI is InChI=1S/C39H31N5O8/c1-39(52-37(48)28-20-12-5-13-21-28)31(51-36(47)27-18-10-4-11-19-27)29(22-49-35(46)26-16-8-3-9-17-26)50-38(39)44-24-42-30-32(40-23-41-33(30)44)43-34(45)25-14-6-2-7-15-25/h2-21,23-24,29,31,38H,22H2,1H3,(H,40,41,43,45)/t29-,31?,38-,39+/m1/s1. The molecule has 0 radical (unpaired) electrons. The number of rotatable bonds is 10. The van der Waals surface area contributed by atoms with Crippen LogP contribution in [0.25, 0.3) is 11.2 Å². The van der Waals surface area contributed by atoms with Gasteiger partial charge in [0.05, 0.1) is 23.0 Å². The molecule has 260 valence electrons. The van der Waals surface area contributed by atoms with E-state index in [1.807, 2.05) is 0 Å². The molecule has 1 aliphatic rings. The van der Waals surface area contributed by atoms with Gasteiger partial charge in [-0.25, -0.2) is 29.3 Å². The molecule has 1 unspecified atom stereocenters. The van der Waals surface area contributed by atoms with E-state index in [1.165, 1.54) is 17.2 Å². The number of esters is 3. The smallest absolute Gasteiger partial charge is 0.338 e. The third kappa shape index (κ3) is 6.85. The average Bonchev–Trinajstić information content (AvgIpc) is 3.73. The lowest BCUT2D eigenvalue weighted by Crippen LogP contribution is -2.50. The minimum Gasteiger partial charge on any atom is -0.459 e. The van der Waals surface area contributed by atoms with E-state index in [1.54, 1.807) is 128 Å². The molecule has 0 bridgehead atoms. The number of ether oxygens (including phenoxy) is 4. The van der Waals surface area contributed by atoms with Crippen molar-refractivity contribution in [3.63, 3.8) is 0 Å². The summed E-state index contributed by atoms with van der Waals surface area (Å²) in [7, 11) is 0. The van der Waals surface area contributed by atoms with Gasteiger partial charge >= 0.3 is 17.9 Å². The number of imidazole rings is 1. The molecule has 4 aromatic carbocycles. The number of aromatic nitrogens is 4. The second kappa shape index (κ2) is 14.6. The Morgan fingerprint density at radius 2 is 1.25 bits per heavy atom. The van der Waals surface area contributed by atoms with E-state index < -0.39 is 47.9 Å². The highest BCUT2D eigenvalue weighted by molar-refractivity contribution is 6.06. The summed E-state index contributed by atoms with van der Waals surface area (Å²) in [6.07, 6.45) is -1.07. The SMILES string of the molecule is C[C@]1(OC(=O)c2ccccc2)C(OC(=O)c2ccccc2)[C@@H](COC(=O)c2ccccc2)O[C@H]1n1cnc2c(NC(=O)c3ccccc3)ncnc21. The van der Waals surface area contributed by atoms with Crippen LogP contribution in [0.15, 0.2) is 134 Å². The van der Waals surface area contributed by atoms with Crippen molar-refractivity contribution < 1.29 is 38.1 Å². The van der Waals surface area contributed by atoms with Crippen molar-refractivity contribution >= 4 is 40.8 Å². The van der Waals surface area contributed by atoms with E-state index in [0.29, 0.717) is 11.1 Å². The molecule has 0 aliphatic carbocycles. The number of hydrogen-bond acceptors (Lipinski definition) is 11. The lowest BCUT2D eigenvalue weighted by Gasteiger charge is -2.34. The second-order valence-corrected chi connectivity index (χ2v) is 12.0. The molecule has 1 N–H and O–H groups in total. The van der Waals surface area contributed by atoms with Crippen molar-refractivity contribution in [2.45, 2.75) is 31.0 Å². The van der Waals surface area contributed by atoms with E-state index >= 15 is 0 Å². The lowest BCUT2D eigenvalue weighted by molar-refractivity contribution is -0.108. The largest absolute Gasteiger partial charge is 0.459 e. The zero-order chi connectivity index (χ0) is 36.1. The maximum Gasteiger partial charge on any atom is 0.338 e.